The van der Waals surface area contributed by atoms with Gasteiger partial charge in [-0.2, -0.15) is 5.10 Å². The van der Waals surface area contributed by atoms with Crippen LogP contribution in [0.4, 0.5) is 4.39 Å². The number of amides is 1. The third-order valence-corrected chi connectivity index (χ3v) is 6.34. The third-order valence-electron chi connectivity index (χ3n) is 5.40. The van der Waals surface area contributed by atoms with Crippen molar-refractivity contribution in [2.75, 3.05) is 26.2 Å². The van der Waals surface area contributed by atoms with Gasteiger partial charge in [-0.25, -0.2) is 9.37 Å². The molecule has 0 bridgehead atoms. The highest BCUT2D eigenvalue weighted by Crippen LogP contribution is 2.25. The average Bonchev–Trinajstić information content (AvgIpc) is 3.44. The predicted molar refractivity (Wildman–Crippen MR) is 115 cm³/mol. The Kier molecular flexibility index (Phi) is 5.02. The standard InChI is InChI=1S/C22H20FN5OS/c23-17-6-4-15(5-7-17)21-25-18(14-30-21)13-27-8-10-28(11-9-27)22(29)19-3-1-2-16-12-24-26-20(16)19/h1-7,12,14H,8-11,13H2,(H,24,26). The summed E-state index contributed by atoms with van der Waals surface area (Å²) in [4.78, 5) is 21.9. The van der Waals surface area contributed by atoms with Gasteiger partial charge in [-0.05, 0) is 30.3 Å². The number of nitrogens with one attached hydrogen (secondary N) is 1. The van der Waals surface area contributed by atoms with Gasteiger partial charge in [-0.3, -0.25) is 14.8 Å². The Labute approximate surface area is 177 Å². The van der Waals surface area contributed by atoms with Crippen molar-refractivity contribution in [3.63, 3.8) is 0 Å². The molecular formula is C22H20FN5OS. The van der Waals surface area contributed by atoms with Crippen molar-refractivity contribution >= 4 is 28.1 Å². The zero-order valence-electron chi connectivity index (χ0n) is 16.2. The van der Waals surface area contributed by atoms with Gasteiger partial charge in [0.05, 0.1) is 23.0 Å². The van der Waals surface area contributed by atoms with Crippen molar-refractivity contribution in [3.05, 3.63) is 71.1 Å². The molecule has 5 rings (SSSR count). The molecule has 1 N–H and O–H groups in total. The molecule has 0 saturated carbocycles. The molecule has 1 amide bonds. The van der Waals surface area contributed by atoms with Crippen molar-refractivity contribution in [2.45, 2.75) is 6.54 Å². The van der Waals surface area contributed by atoms with Crippen molar-refractivity contribution in [1.29, 1.82) is 0 Å². The minimum atomic E-state index is -0.244. The van der Waals surface area contributed by atoms with Crippen LogP contribution in [0.5, 0.6) is 0 Å². The molecule has 1 saturated heterocycles. The van der Waals surface area contributed by atoms with Crippen molar-refractivity contribution in [1.82, 2.24) is 25.0 Å². The zero-order chi connectivity index (χ0) is 20.5. The molecule has 2 aromatic heterocycles. The van der Waals surface area contributed by atoms with Crippen LogP contribution in [0.1, 0.15) is 16.1 Å². The second-order valence-corrected chi connectivity index (χ2v) is 8.22. The number of fused-ring (bicyclic) bond motifs is 1. The Balaban J connectivity index is 1.21. The number of carbonyl (C=O) groups is 1. The fraction of sp³-hybridized carbons (Fsp3) is 0.227. The number of para-hydroxylation sites is 1. The molecule has 1 fully saturated rings. The molecule has 0 radical (unpaired) electrons. The van der Waals surface area contributed by atoms with E-state index in [4.69, 9.17) is 4.98 Å². The number of halogens is 1. The first-order chi connectivity index (χ1) is 14.7. The number of rotatable bonds is 4. The highest BCUT2D eigenvalue weighted by molar-refractivity contribution is 7.13. The highest BCUT2D eigenvalue weighted by atomic mass is 32.1. The molecule has 1 aliphatic rings. The van der Waals surface area contributed by atoms with Crippen molar-refractivity contribution in [3.8, 4) is 10.6 Å². The van der Waals surface area contributed by atoms with Gasteiger partial charge in [0.2, 0.25) is 0 Å². The van der Waals surface area contributed by atoms with Crippen LogP contribution in [0.25, 0.3) is 21.5 Å². The lowest BCUT2D eigenvalue weighted by molar-refractivity contribution is 0.0629. The summed E-state index contributed by atoms with van der Waals surface area (Å²) >= 11 is 1.57. The van der Waals surface area contributed by atoms with Crippen LogP contribution in [-0.2, 0) is 6.54 Å². The minimum absolute atomic E-state index is 0.0387. The van der Waals surface area contributed by atoms with Gasteiger partial charge in [-0.15, -0.1) is 11.3 Å². The van der Waals surface area contributed by atoms with E-state index in [2.05, 4.69) is 20.5 Å². The first-order valence-corrected chi connectivity index (χ1v) is 10.7. The van der Waals surface area contributed by atoms with Crippen LogP contribution in [0.2, 0.25) is 0 Å². The van der Waals surface area contributed by atoms with Crippen LogP contribution in [0, 0.1) is 5.82 Å². The van der Waals surface area contributed by atoms with Crippen LogP contribution in [0.3, 0.4) is 0 Å². The number of nitrogens with zero attached hydrogens (tertiary/aromatic N) is 4. The minimum Gasteiger partial charge on any atom is -0.336 e. The van der Waals surface area contributed by atoms with Gasteiger partial charge < -0.3 is 4.90 Å². The number of thiazole rings is 1. The fourth-order valence-electron chi connectivity index (χ4n) is 3.76. The molecule has 4 aromatic rings. The number of aromatic amines is 1. The van der Waals surface area contributed by atoms with Crippen LogP contribution in [-0.4, -0.2) is 57.1 Å². The number of hydrogen-bond acceptors (Lipinski definition) is 5. The topological polar surface area (TPSA) is 65.1 Å². The molecule has 0 spiro atoms. The monoisotopic (exact) mass is 421 g/mol. The molecule has 0 aliphatic carbocycles. The van der Waals surface area contributed by atoms with Gasteiger partial charge in [0.25, 0.3) is 5.91 Å². The summed E-state index contributed by atoms with van der Waals surface area (Å²) in [5.41, 5.74) is 3.39. The molecule has 30 heavy (non-hydrogen) atoms. The summed E-state index contributed by atoms with van der Waals surface area (Å²) in [6, 6.07) is 12.1. The van der Waals surface area contributed by atoms with E-state index in [1.165, 1.54) is 12.1 Å². The maximum absolute atomic E-state index is 13.1. The molecule has 0 atom stereocenters. The molecule has 1 aliphatic heterocycles. The molecule has 3 heterocycles. The molecule has 6 nitrogen and oxygen atoms in total. The molecule has 8 heteroatoms. The summed E-state index contributed by atoms with van der Waals surface area (Å²) in [6.07, 6.45) is 1.73. The largest absolute Gasteiger partial charge is 0.336 e. The SMILES string of the molecule is O=C(c1cccc2cn[nH]c12)N1CCN(Cc2csc(-c3ccc(F)cc3)n2)CC1. The second kappa shape index (κ2) is 7.97. The van der Waals surface area contributed by atoms with Crippen LogP contribution >= 0.6 is 11.3 Å². The lowest BCUT2D eigenvalue weighted by atomic mass is 10.1. The highest BCUT2D eigenvalue weighted by Gasteiger charge is 2.24. The molecular weight excluding hydrogens is 401 g/mol. The second-order valence-electron chi connectivity index (χ2n) is 7.36. The van der Waals surface area contributed by atoms with Gasteiger partial charge in [0.15, 0.2) is 0 Å². The Morgan fingerprint density at radius 1 is 1.10 bits per heavy atom. The van der Waals surface area contributed by atoms with E-state index in [-0.39, 0.29) is 11.7 Å². The fourth-order valence-corrected chi connectivity index (χ4v) is 4.58. The quantitative estimate of drug-likeness (QED) is 0.545. The normalized spacial score (nSPS) is 15.0. The lowest BCUT2D eigenvalue weighted by Crippen LogP contribution is -2.48. The zero-order valence-corrected chi connectivity index (χ0v) is 17.0. The average molecular weight is 422 g/mol. The maximum atomic E-state index is 13.1. The van der Waals surface area contributed by atoms with Crippen LogP contribution in [0.15, 0.2) is 54.0 Å². The van der Waals surface area contributed by atoms with E-state index in [1.54, 1.807) is 29.7 Å². The van der Waals surface area contributed by atoms with Crippen molar-refractivity contribution < 1.29 is 9.18 Å². The Hall–Kier alpha value is -3.10. The van der Waals surface area contributed by atoms with Gasteiger partial charge in [-0.1, -0.05) is 12.1 Å². The number of hydrogen-bond donors (Lipinski definition) is 1. The third kappa shape index (κ3) is 3.71. The number of H-pyrrole nitrogens is 1. The van der Waals surface area contributed by atoms with E-state index in [0.29, 0.717) is 18.7 Å². The Bertz CT molecular complexity index is 1180. The summed E-state index contributed by atoms with van der Waals surface area (Å²) in [7, 11) is 0. The van der Waals surface area contributed by atoms with E-state index in [9.17, 15) is 9.18 Å². The first-order valence-electron chi connectivity index (χ1n) is 9.81. The summed E-state index contributed by atoms with van der Waals surface area (Å²) < 4.78 is 13.1. The summed E-state index contributed by atoms with van der Waals surface area (Å²) in [5.74, 6) is -0.205. The lowest BCUT2D eigenvalue weighted by Gasteiger charge is -2.34. The molecule has 2 aromatic carbocycles. The van der Waals surface area contributed by atoms with E-state index < -0.39 is 0 Å². The van der Waals surface area contributed by atoms with E-state index in [0.717, 1.165) is 46.8 Å². The maximum Gasteiger partial charge on any atom is 0.256 e. The van der Waals surface area contributed by atoms with Crippen LogP contribution < -0.4 is 0 Å². The summed E-state index contributed by atoms with van der Waals surface area (Å²) in [6.45, 7) is 3.70. The van der Waals surface area contributed by atoms with E-state index >= 15 is 0 Å². The van der Waals surface area contributed by atoms with Crippen molar-refractivity contribution in [2.24, 2.45) is 0 Å². The molecule has 0 unspecified atom stereocenters. The number of benzene rings is 2. The Morgan fingerprint density at radius 3 is 2.70 bits per heavy atom. The predicted octanol–water partition coefficient (Wildman–Crippen LogP) is 3.78. The number of carbonyl (C=O) groups excluding carboxylic acids is 1. The van der Waals surface area contributed by atoms with Gasteiger partial charge >= 0.3 is 0 Å². The van der Waals surface area contributed by atoms with Gasteiger partial charge in [0.1, 0.15) is 10.8 Å². The molecule has 152 valence electrons. The van der Waals surface area contributed by atoms with E-state index in [1.807, 2.05) is 23.1 Å². The smallest absolute Gasteiger partial charge is 0.256 e. The first kappa shape index (κ1) is 18.9. The number of aromatic nitrogens is 3. The Morgan fingerprint density at radius 2 is 1.90 bits per heavy atom. The van der Waals surface area contributed by atoms with Gasteiger partial charge in [0, 0.05) is 49.1 Å². The number of piperazine rings is 1. The summed E-state index contributed by atoms with van der Waals surface area (Å²) in [5, 5.41) is 10.9.